The van der Waals surface area contributed by atoms with Crippen molar-refractivity contribution in [3.63, 3.8) is 0 Å². The van der Waals surface area contributed by atoms with Crippen LogP contribution in [0.5, 0.6) is 0 Å². The monoisotopic (exact) mass is 309 g/mol. The predicted octanol–water partition coefficient (Wildman–Crippen LogP) is -0.611. The summed E-state index contributed by atoms with van der Waals surface area (Å²) in [6.45, 7) is -0.588. The normalized spacial score (nSPS) is 30.2. The molecule has 2 rings (SSSR count). The number of alkyl halides is 3. The highest BCUT2D eigenvalue weighted by Gasteiger charge is 2.38. The SMILES string of the molecule is OC[C@H]1OC[C@H](Nc2cc(C(F)(F)F)cnn2)[C@@H](O)[C@H]1O. The van der Waals surface area contributed by atoms with Gasteiger partial charge >= 0.3 is 6.18 Å². The minimum absolute atomic E-state index is 0.110. The molecule has 10 heteroatoms. The number of hydrogen-bond donors (Lipinski definition) is 4. The molecule has 0 bridgehead atoms. The summed E-state index contributed by atoms with van der Waals surface area (Å²) in [6.07, 6.45) is -7.61. The Morgan fingerprint density at radius 3 is 2.67 bits per heavy atom. The Labute approximate surface area is 117 Å². The lowest BCUT2D eigenvalue weighted by atomic mass is 9.98. The highest BCUT2D eigenvalue weighted by molar-refractivity contribution is 5.38. The maximum absolute atomic E-state index is 12.5. The van der Waals surface area contributed by atoms with Crippen molar-refractivity contribution in [1.29, 1.82) is 0 Å². The van der Waals surface area contributed by atoms with Crippen LogP contribution >= 0.6 is 0 Å². The summed E-state index contributed by atoms with van der Waals surface area (Å²) in [7, 11) is 0. The van der Waals surface area contributed by atoms with Crippen molar-refractivity contribution in [3.05, 3.63) is 17.8 Å². The van der Waals surface area contributed by atoms with Gasteiger partial charge in [0.05, 0.1) is 31.0 Å². The van der Waals surface area contributed by atoms with E-state index in [4.69, 9.17) is 9.84 Å². The first kappa shape index (κ1) is 15.9. The van der Waals surface area contributed by atoms with Gasteiger partial charge in [0.2, 0.25) is 0 Å². The van der Waals surface area contributed by atoms with Gasteiger partial charge in [0.15, 0.2) is 0 Å². The molecule has 4 N–H and O–H groups in total. The van der Waals surface area contributed by atoms with E-state index in [1.54, 1.807) is 0 Å². The van der Waals surface area contributed by atoms with Gasteiger partial charge in [0.25, 0.3) is 0 Å². The Bertz CT molecular complexity index is 488. The predicted molar refractivity (Wildman–Crippen MR) is 63.3 cm³/mol. The molecule has 0 unspecified atom stereocenters. The molecule has 1 aromatic rings. The van der Waals surface area contributed by atoms with Gasteiger partial charge in [-0.2, -0.15) is 18.3 Å². The first-order chi connectivity index (χ1) is 9.82. The Kier molecular flexibility index (Phi) is 4.61. The second-order valence-electron chi connectivity index (χ2n) is 4.61. The third kappa shape index (κ3) is 3.59. The number of anilines is 1. The summed E-state index contributed by atoms with van der Waals surface area (Å²) in [4.78, 5) is 0. The third-order valence-corrected chi connectivity index (χ3v) is 3.13. The van der Waals surface area contributed by atoms with E-state index in [-0.39, 0.29) is 12.4 Å². The number of nitrogens with one attached hydrogen (secondary N) is 1. The van der Waals surface area contributed by atoms with E-state index in [0.717, 1.165) is 6.07 Å². The smallest absolute Gasteiger partial charge is 0.394 e. The zero-order chi connectivity index (χ0) is 15.6. The average molecular weight is 309 g/mol. The van der Waals surface area contributed by atoms with Crippen molar-refractivity contribution in [2.45, 2.75) is 30.5 Å². The molecule has 0 radical (unpaired) electrons. The molecular weight excluding hydrogens is 295 g/mol. The van der Waals surface area contributed by atoms with Crippen LogP contribution in [0.1, 0.15) is 5.56 Å². The fraction of sp³-hybridized carbons (Fsp3) is 0.636. The lowest BCUT2D eigenvalue weighted by molar-refractivity contribution is -0.152. The molecule has 0 saturated carbocycles. The maximum Gasteiger partial charge on any atom is 0.418 e. The molecule has 4 atom stereocenters. The molecule has 0 spiro atoms. The molecule has 0 aromatic carbocycles. The second kappa shape index (κ2) is 6.10. The number of halogens is 3. The molecule has 21 heavy (non-hydrogen) atoms. The Balaban J connectivity index is 2.08. The molecule has 1 saturated heterocycles. The standard InChI is InChI=1S/C11H14F3N3O4/c12-11(13,14)5-1-8(17-15-2-5)16-6-4-21-7(3-18)10(20)9(6)19/h1-2,6-7,9-10,18-20H,3-4H2,(H,16,17)/t6-,7+,9+,10-/m0/s1. The van der Waals surface area contributed by atoms with Crippen molar-refractivity contribution in [2.75, 3.05) is 18.5 Å². The van der Waals surface area contributed by atoms with E-state index >= 15 is 0 Å². The number of nitrogens with zero attached hydrogens (tertiary/aromatic N) is 2. The minimum Gasteiger partial charge on any atom is -0.394 e. The number of rotatable bonds is 3. The fourth-order valence-corrected chi connectivity index (χ4v) is 1.95. The molecule has 0 amide bonds. The van der Waals surface area contributed by atoms with Crippen LogP contribution in [0.3, 0.4) is 0 Å². The summed E-state index contributed by atoms with van der Waals surface area (Å²) in [5.41, 5.74) is -0.986. The quantitative estimate of drug-likeness (QED) is 0.590. The van der Waals surface area contributed by atoms with E-state index < -0.39 is 42.7 Å². The number of ether oxygens (including phenoxy) is 1. The number of aromatic nitrogens is 2. The van der Waals surface area contributed by atoms with Crippen molar-refractivity contribution < 1.29 is 33.2 Å². The number of aliphatic hydroxyl groups is 3. The first-order valence-electron chi connectivity index (χ1n) is 6.08. The van der Waals surface area contributed by atoms with E-state index in [1.165, 1.54) is 0 Å². The summed E-state index contributed by atoms with van der Waals surface area (Å²) in [5, 5.41) is 37.7. The highest BCUT2D eigenvalue weighted by atomic mass is 19.4. The van der Waals surface area contributed by atoms with E-state index in [9.17, 15) is 23.4 Å². The van der Waals surface area contributed by atoms with Gasteiger partial charge in [-0.25, -0.2) is 0 Å². The van der Waals surface area contributed by atoms with E-state index in [0.29, 0.717) is 6.20 Å². The van der Waals surface area contributed by atoms with Crippen LogP contribution in [0.25, 0.3) is 0 Å². The number of hydrogen-bond acceptors (Lipinski definition) is 7. The van der Waals surface area contributed by atoms with Gasteiger partial charge < -0.3 is 25.4 Å². The summed E-state index contributed by atoms with van der Waals surface area (Å²) in [5.74, 6) is -0.202. The van der Waals surface area contributed by atoms with Crippen molar-refractivity contribution >= 4 is 5.82 Å². The zero-order valence-electron chi connectivity index (χ0n) is 10.7. The van der Waals surface area contributed by atoms with Crippen molar-refractivity contribution in [3.8, 4) is 0 Å². The highest BCUT2D eigenvalue weighted by Crippen LogP contribution is 2.29. The van der Waals surface area contributed by atoms with Crippen molar-refractivity contribution in [1.82, 2.24) is 10.2 Å². The molecule has 118 valence electrons. The number of aliphatic hydroxyl groups excluding tert-OH is 3. The minimum atomic E-state index is -4.56. The topological polar surface area (TPSA) is 108 Å². The molecule has 1 aliphatic rings. The molecule has 7 nitrogen and oxygen atoms in total. The maximum atomic E-state index is 12.5. The summed E-state index contributed by atoms with van der Waals surface area (Å²) < 4.78 is 42.7. The zero-order valence-corrected chi connectivity index (χ0v) is 10.7. The van der Waals surface area contributed by atoms with Gasteiger partial charge in [-0.05, 0) is 6.07 Å². The van der Waals surface area contributed by atoms with Crippen LogP contribution in [0, 0.1) is 0 Å². The molecular formula is C11H14F3N3O4. The van der Waals surface area contributed by atoms with Crippen LogP contribution in [0.15, 0.2) is 12.3 Å². The second-order valence-corrected chi connectivity index (χ2v) is 4.61. The molecule has 1 aliphatic heterocycles. The van der Waals surface area contributed by atoms with E-state index in [1.807, 2.05) is 0 Å². The summed E-state index contributed by atoms with van der Waals surface area (Å²) in [6, 6.07) is -0.134. The van der Waals surface area contributed by atoms with Gasteiger partial charge in [0.1, 0.15) is 24.1 Å². The lowest BCUT2D eigenvalue weighted by Crippen LogP contribution is -2.56. The van der Waals surface area contributed by atoms with Gasteiger partial charge in [-0.3, -0.25) is 0 Å². The van der Waals surface area contributed by atoms with Gasteiger partial charge in [0, 0.05) is 0 Å². The van der Waals surface area contributed by atoms with Crippen LogP contribution in [0.2, 0.25) is 0 Å². The van der Waals surface area contributed by atoms with Gasteiger partial charge in [-0.15, -0.1) is 5.10 Å². The molecule has 1 fully saturated rings. The van der Waals surface area contributed by atoms with Crippen molar-refractivity contribution in [2.24, 2.45) is 0 Å². The molecule has 1 aromatic heterocycles. The average Bonchev–Trinajstić information content (AvgIpc) is 2.44. The Morgan fingerprint density at radius 1 is 1.33 bits per heavy atom. The van der Waals surface area contributed by atoms with Crippen LogP contribution in [0.4, 0.5) is 19.0 Å². The van der Waals surface area contributed by atoms with E-state index in [2.05, 4.69) is 15.5 Å². The Hall–Kier alpha value is -1.49. The van der Waals surface area contributed by atoms with Crippen LogP contribution in [-0.4, -0.2) is 63.1 Å². The molecule has 2 heterocycles. The third-order valence-electron chi connectivity index (χ3n) is 3.13. The van der Waals surface area contributed by atoms with Crippen LogP contribution < -0.4 is 5.32 Å². The summed E-state index contributed by atoms with van der Waals surface area (Å²) >= 11 is 0. The largest absolute Gasteiger partial charge is 0.418 e. The fourth-order valence-electron chi connectivity index (χ4n) is 1.95. The lowest BCUT2D eigenvalue weighted by Gasteiger charge is -2.37. The van der Waals surface area contributed by atoms with Gasteiger partial charge in [-0.1, -0.05) is 0 Å². The first-order valence-corrected chi connectivity index (χ1v) is 6.08. The Morgan fingerprint density at radius 2 is 2.05 bits per heavy atom. The van der Waals surface area contributed by atoms with Crippen LogP contribution in [-0.2, 0) is 10.9 Å². The molecule has 0 aliphatic carbocycles.